The van der Waals surface area contributed by atoms with Gasteiger partial charge in [0.25, 0.3) is 11.1 Å². The largest absolute Gasteiger partial charge is 0.392 e. The molecule has 0 bridgehead atoms. The highest BCUT2D eigenvalue weighted by Gasteiger charge is 2.18. The van der Waals surface area contributed by atoms with E-state index < -0.39 is 0 Å². The lowest BCUT2D eigenvalue weighted by molar-refractivity contribution is 0.282. The molecule has 1 saturated heterocycles. The zero-order chi connectivity index (χ0) is 31.0. The number of pyridine rings is 3. The smallest absolute Gasteiger partial charge is 0.274 e. The molecule has 0 amide bonds. The Bertz CT molecular complexity index is 1960. The average Bonchev–Trinajstić information content (AvgIpc) is 3.03. The number of hydrogen-bond acceptors (Lipinski definition) is 8. The van der Waals surface area contributed by atoms with Crippen LogP contribution in [0.25, 0.3) is 27.6 Å². The van der Waals surface area contributed by atoms with E-state index in [2.05, 4.69) is 22.2 Å². The topological polar surface area (TPSA) is 98.9 Å². The Morgan fingerprint density at radius 1 is 0.909 bits per heavy atom. The van der Waals surface area contributed by atoms with E-state index in [1.54, 1.807) is 30.1 Å². The molecule has 0 atom stereocenters. The maximum absolute atomic E-state index is 13.6. The van der Waals surface area contributed by atoms with Crippen molar-refractivity contribution in [2.45, 2.75) is 6.61 Å². The second-order valence-electron chi connectivity index (χ2n) is 11.5. The van der Waals surface area contributed by atoms with Gasteiger partial charge in [-0.2, -0.15) is 0 Å². The SMILES string of the molecule is CN1CCN(c2cccc(Nc3cc(-c4cccc(-n5ccc6cc(N(C)C)ccc6c5=O)c4CO)cn(C)c3=O)n2)CC1. The quantitative estimate of drug-likeness (QED) is 0.295. The van der Waals surface area contributed by atoms with Crippen LogP contribution in [0.1, 0.15) is 5.56 Å². The van der Waals surface area contributed by atoms with Gasteiger partial charge in [0.2, 0.25) is 0 Å². The molecule has 1 aliphatic heterocycles. The fourth-order valence-electron chi connectivity index (χ4n) is 5.73. The molecule has 5 aromatic rings. The fourth-order valence-corrected chi connectivity index (χ4v) is 5.73. The van der Waals surface area contributed by atoms with Gasteiger partial charge >= 0.3 is 0 Å². The first-order valence-corrected chi connectivity index (χ1v) is 14.7. The molecule has 0 spiro atoms. The van der Waals surface area contributed by atoms with Crippen LogP contribution in [0.2, 0.25) is 0 Å². The first kappa shape index (κ1) is 29.2. The molecule has 10 heteroatoms. The number of benzene rings is 2. The molecule has 2 aromatic carbocycles. The molecule has 0 saturated carbocycles. The standard InChI is InChI=1S/C34H37N7O3/c1-37(2)25-11-12-27-23(19-25)13-14-41(33(27)43)30-8-5-7-26(28(30)22-42)24-20-29(34(44)39(4)21-24)35-31-9-6-10-32(36-31)40-17-15-38(3)16-18-40/h5-14,19-21,42H,15-18,22H2,1-4H3,(H,35,36). The number of rotatable bonds is 7. The Balaban J connectivity index is 1.38. The summed E-state index contributed by atoms with van der Waals surface area (Å²) in [5, 5.41) is 15.3. The molecule has 6 rings (SSSR count). The Labute approximate surface area is 256 Å². The summed E-state index contributed by atoms with van der Waals surface area (Å²) >= 11 is 0. The number of aliphatic hydroxyl groups is 1. The summed E-state index contributed by atoms with van der Waals surface area (Å²) in [6.45, 7) is 3.42. The Morgan fingerprint density at radius 2 is 1.68 bits per heavy atom. The van der Waals surface area contributed by atoms with Crippen LogP contribution in [0.5, 0.6) is 0 Å². The van der Waals surface area contributed by atoms with Crippen LogP contribution in [0.15, 0.2) is 88.7 Å². The van der Waals surface area contributed by atoms with E-state index in [9.17, 15) is 14.7 Å². The number of fused-ring (bicyclic) bond motifs is 1. The number of nitrogens with zero attached hydrogens (tertiary/aromatic N) is 6. The number of hydrogen-bond donors (Lipinski definition) is 2. The van der Waals surface area contributed by atoms with Gasteiger partial charge in [-0.05, 0) is 66.5 Å². The number of aromatic nitrogens is 3. The number of aryl methyl sites for hydroxylation is 1. The summed E-state index contributed by atoms with van der Waals surface area (Å²) in [5.74, 6) is 1.44. The molecule has 1 aliphatic rings. The summed E-state index contributed by atoms with van der Waals surface area (Å²) in [5.41, 5.74) is 3.60. The van der Waals surface area contributed by atoms with Crippen LogP contribution < -0.4 is 26.2 Å². The summed E-state index contributed by atoms with van der Waals surface area (Å²) in [6.07, 6.45) is 3.49. The third kappa shape index (κ3) is 5.57. The second kappa shape index (κ2) is 12.0. The van der Waals surface area contributed by atoms with Crippen LogP contribution in [-0.4, -0.2) is 71.4 Å². The van der Waals surface area contributed by atoms with Gasteiger partial charge in [0.1, 0.15) is 17.3 Å². The van der Waals surface area contributed by atoms with E-state index in [1.165, 1.54) is 4.57 Å². The van der Waals surface area contributed by atoms with E-state index in [1.807, 2.05) is 79.7 Å². The highest BCUT2D eigenvalue weighted by atomic mass is 16.3. The van der Waals surface area contributed by atoms with Crippen molar-refractivity contribution >= 4 is 33.8 Å². The molecule has 44 heavy (non-hydrogen) atoms. The number of anilines is 4. The lowest BCUT2D eigenvalue weighted by Crippen LogP contribution is -2.44. The van der Waals surface area contributed by atoms with Gasteiger partial charge in [-0.25, -0.2) is 4.98 Å². The number of aliphatic hydroxyl groups excluding tert-OH is 1. The molecule has 1 fully saturated rings. The van der Waals surface area contributed by atoms with Gasteiger partial charge < -0.3 is 29.7 Å². The average molecular weight is 592 g/mol. The van der Waals surface area contributed by atoms with E-state index in [0.29, 0.717) is 28.1 Å². The lowest BCUT2D eigenvalue weighted by atomic mass is 9.99. The van der Waals surface area contributed by atoms with Crippen LogP contribution in [-0.2, 0) is 13.7 Å². The van der Waals surface area contributed by atoms with Gasteiger partial charge in [0, 0.05) is 81.9 Å². The maximum Gasteiger partial charge on any atom is 0.274 e. The van der Waals surface area contributed by atoms with Gasteiger partial charge in [-0.1, -0.05) is 18.2 Å². The first-order chi connectivity index (χ1) is 21.2. The van der Waals surface area contributed by atoms with Crippen molar-refractivity contribution in [3.05, 3.63) is 105 Å². The summed E-state index contributed by atoms with van der Waals surface area (Å²) in [4.78, 5) is 38.2. The van der Waals surface area contributed by atoms with Crippen molar-refractivity contribution in [2.24, 2.45) is 7.05 Å². The van der Waals surface area contributed by atoms with Crippen LogP contribution in [0.4, 0.5) is 23.0 Å². The van der Waals surface area contributed by atoms with Crippen LogP contribution in [0.3, 0.4) is 0 Å². The minimum atomic E-state index is -0.296. The first-order valence-electron chi connectivity index (χ1n) is 14.7. The van der Waals surface area contributed by atoms with Crippen LogP contribution >= 0.6 is 0 Å². The number of piperazine rings is 1. The minimum absolute atomic E-state index is 0.172. The summed E-state index contributed by atoms with van der Waals surface area (Å²) < 4.78 is 3.09. The molecule has 3 aromatic heterocycles. The fraction of sp³-hybridized carbons (Fsp3) is 0.265. The molecule has 0 unspecified atom stereocenters. The molecule has 4 heterocycles. The van der Waals surface area contributed by atoms with Gasteiger partial charge in [0.15, 0.2) is 0 Å². The van der Waals surface area contributed by atoms with E-state index >= 15 is 0 Å². The molecule has 0 aliphatic carbocycles. The van der Waals surface area contributed by atoms with E-state index in [4.69, 9.17) is 4.98 Å². The van der Waals surface area contributed by atoms with E-state index in [-0.39, 0.29) is 17.7 Å². The van der Waals surface area contributed by atoms with Crippen molar-refractivity contribution in [2.75, 3.05) is 62.4 Å². The van der Waals surface area contributed by atoms with E-state index in [0.717, 1.165) is 54.2 Å². The van der Waals surface area contributed by atoms with Gasteiger partial charge in [0.05, 0.1) is 12.3 Å². The molecule has 10 nitrogen and oxygen atoms in total. The lowest BCUT2D eigenvalue weighted by Gasteiger charge is -2.33. The number of likely N-dealkylation sites (N-methyl/N-ethyl adjacent to an activating group) is 1. The second-order valence-corrected chi connectivity index (χ2v) is 11.5. The van der Waals surface area contributed by atoms with Gasteiger partial charge in [-0.15, -0.1) is 0 Å². The Kier molecular flexibility index (Phi) is 7.94. The summed E-state index contributed by atoms with van der Waals surface area (Å²) in [6, 6.07) is 20.8. The molecular weight excluding hydrogens is 554 g/mol. The zero-order valence-corrected chi connectivity index (χ0v) is 25.5. The predicted octanol–water partition coefficient (Wildman–Crippen LogP) is 3.81. The monoisotopic (exact) mass is 591 g/mol. The maximum atomic E-state index is 13.6. The Hall–Kier alpha value is -4.93. The molecule has 0 radical (unpaired) electrons. The number of nitrogens with one attached hydrogen (secondary N) is 1. The van der Waals surface area contributed by atoms with Crippen LogP contribution in [0, 0.1) is 0 Å². The third-order valence-electron chi connectivity index (χ3n) is 8.29. The normalized spacial score (nSPS) is 13.8. The minimum Gasteiger partial charge on any atom is -0.392 e. The highest BCUT2D eigenvalue weighted by Crippen LogP contribution is 2.30. The van der Waals surface area contributed by atoms with Crippen molar-refractivity contribution in [3.63, 3.8) is 0 Å². The molecule has 226 valence electrons. The van der Waals surface area contributed by atoms with Gasteiger partial charge in [-0.3, -0.25) is 14.2 Å². The van der Waals surface area contributed by atoms with Crippen molar-refractivity contribution in [1.29, 1.82) is 0 Å². The third-order valence-corrected chi connectivity index (χ3v) is 8.29. The van der Waals surface area contributed by atoms with Crippen molar-refractivity contribution < 1.29 is 5.11 Å². The zero-order valence-electron chi connectivity index (χ0n) is 25.5. The van der Waals surface area contributed by atoms with Crippen molar-refractivity contribution in [3.8, 4) is 16.8 Å². The highest BCUT2D eigenvalue weighted by molar-refractivity contribution is 5.85. The predicted molar refractivity (Wildman–Crippen MR) is 178 cm³/mol. The molecular formula is C34H37N7O3. The Morgan fingerprint density at radius 3 is 2.43 bits per heavy atom. The summed E-state index contributed by atoms with van der Waals surface area (Å²) in [7, 11) is 7.74. The van der Waals surface area contributed by atoms with Crippen molar-refractivity contribution in [1.82, 2.24) is 19.0 Å². The molecule has 2 N–H and O–H groups in total.